The molecule has 2 aromatic rings. The van der Waals surface area contributed by atoms with Crippen molar-refractivity contribution in [3.8, 4) is 6.07 Å². The van der Waals surface area contributed by atoms with Crippen molar-refractivity contribution in [2.75, 3.05) is 62.2 Å². The summed E-state index contributed by atoms with van der Waals surface area (Å²) < 4.78 is 0. The number of piperidine rings is 1. The topological polar surface area (TPSA) is 66.7 Å². The molecule has 0 aliphatic carbocycles. The first-order valence-electron chi connectivity index (χ1n) is 12.2. The Morgan fingerprint density at radius 2 is 1.79 bits per heavy atom. The number of nitrogens with zero attached hydrogens (tertiary/aromatic N) is 6. The third-order valence-electron chi connectivity index (χ3n) is 7.34. The molecule has 1 amide bonds. The van der Waals surface area contributed by atoms with Crippen LogP contribution in [-0.4, -0.2) is 79.1 Å². The Kier molecular flexibility index (Phi) is 6.56. The zero-order chi connectivity index (χ0) is 22.6. The summed E-state index contributed by atoms with van der Waals surface area (Å²) in [5.41, 5.74) is 1.53. The van der Waals surface area contributed by atoms with E-state index >= 15 is 0 Å². The Labute approximate surface area is 196 Å². The van der Waals surface area contributed by atoms with Gasteiger partial charge in [-0.3, -0.25) is 14.6 Å². The van der Waals surface area contributed by atoms with Gasteiger partial charge in [0.2, 0.25) is 5.91 Å². The van der Waals surface area contributed by atoms with Crippen LogP contribution in [0.1, 0.15) is 24.8 Å². The quantitative estimate of drug-likeness (QED) is 0.706. The van der Waals surface area contributed by atoms with E-state index in [4.69, 9.17) is 5.26 Å². The van der Waals surface area contributed by atoms with Gasteiger partial charge in [-0.1, -0.05) is 6.07 Å². The predicted molar refractivity (Wildman–Crippen MR) is 129 cm³/mol. The van der Waals surface area contributed by atoms with Crippen molar-refractivity contribution in [1.29, 1.82) is 5.26 Å². The number of rotatable bonds is 5. The van der Waals surface area contributed by atoms with Gasteiger partial charge in [0.1, 0.15) is 5.82 Å². The highest BCUT2D eigenvalue weighted by atomic mass is 16.2. The first kappa shape index (κ1) is 21.9. The minimum absolute atomic E-state index is 0.00977. The molecule has 2 unspecified atom stereocenters. The normalized spacial score (nSPS) is 24.8. The lowest BCUT2D eigenvalue weighted by Crippen LogP contribution is -2.52. The molecule has 3 saturated heterocycles. The van der Waals surface area contributed by atoms with Crippen molar-refractivity contribution in [1.82, 2.24) is 14.8 Å². The van der Waals surface area contributed by atoms with Gasteiger partial charge in [-0.2, -0.15) is 5.26 Å². The van der Waals surface area contributed by atoms with Crippen LogP contribution < -0.4 is 9.80 Å². The predicted octanol–water partition coefficient (Wildman–Crippen LogP) is 2.59. The minimum atomic E-state index is -0.00977. The van der Waals surface area contributed by atoms with Crippen LogP contribution in [-0.2, 0) is 4.79 Å². The van der Waals surface area contributed by atoms with Gasteiger partial charge in [-0.05, 0) is 68.1 Å². The summed E-state index contributed by atoms with van der Waals surface area (Å²) in [6.07, 6.45) is 5.16. The first-order chi connectivity index (χ1) is 16.2. The van der Waals surface area contributed by atoms with E-state index in [2.05, 4.69) is 37.9 Å². The lowest BCUT2D eigenvalue weighted by Gasteiger charge is -2.40. The summed E-state index contributed by atoms with van der Waals surface area (Å²) >= 11 is 0. The molecule has 1 aromatic heterocycles. The van der Waals surface area contributed by atoms with Crippen LogP contribution in [0.2, 0.25) is 0 Å². The van der Waals surface area contributed by atoms with E-state index in [1.165, 1.54) is 12.8 Å². The zero-order valence-electron chi connectivity index (χ0n) is 19.1. The third-order valence-corrected chi connectivity index (χ3v) is 7.34. The third kappa shape index (κ3) is 4.87. The van der Waals surface area contributed by atoms with E-state index in [0.29, 0.717) is 11.5 Å². The molecular formula is C26H32N6O. The number of hydrogen-bond donors (Lipinski definition) is 0. The summed E-state index contributed by atoms with van der Waals surface area (Å²) in [5.74, 6) is 1.91. The molecule has 0 bridgehead atoms. The zero-order valence-corrected chi connectivity index (χ0v) is 19.1. The van der Waals surface area contributed by atoms with Crippen molar-refractivity contribution < 1.29 is 4.79 Å². The summed E-state index contributed by atoms with van der Waals surface area (Å²) in [4.78, 5) is 27.0. The smallest absolute Gasteiger partial charge is 0.244 e. The second-order valence-corrected chi connectivity index (χ2v) is 9.43. The molecule has 7 heteroatoms. The van der Waals surface area contributed by atoms with Gasteiger partial charge >= 0.3 is 0 Å². The highest BCUT2D eigenvalue weighted by molar-refractivity contribution is 5.99. The fraction of sp³-hybridized carbons (Fsp3) is 0.500. The number of piperazine rings is 1. The molecule has 33 heavy (non-hydrogen) atoms. The molecule has 0 spiro atoms. The van der Waals surface area contributed by atoms with Crippen LogP contribution >= 0.6 is 0 Å². The van der Waals surface area contributed by atoms with Gasteiger partial charge in [0.15, 0.2) is 0 Å². The van der Waals surface area contributed by atoms with Crippen LogP contribution in [0.4, 0.5) is 11.5 Å². The molecule has 3 aliphatic rings. The second kappa shape index (κ2) is 9.90. The summed E-state index contributed by atoms with van der Waals surface area (Å²) in [6, 6.07) is 15.6. The highest BCUT2D eigenvalue weighted by Crippen LogP contribution is 2.28. The van der Waals surface area contributed by atoms with E-state index in [0.717, 1.165) is 70.3 Å². The molecule has 1 aromatic carbocycles. The number of carbonyl (C=O) groups is 1. The maximum absolute atomic E-state index is 13.2. The van der Waals surface area contributed by atoms with Crippen LogP contribution in [0.25, 0.3) is 0 Å². The Morgan fingerprint density at radius 3 is 2.52 bits per heavy atom. The largest absolute Gasteiger partial charge is 0.354 e. The Morgan fingerprint density at radius 1 is 0.970 bits per heavy atom. The maximum Gasteiger partial charge on any atom is 0.244 e. The van der Waals surface area contributed by atoms with E-state index in [-0.39, 0.29) is 11.9 Å². The van der Waals surface area contributed by atoms with E-state index < -0.39 is 0 Å². The molecule has 2 atom stereocenters. The maximum atomic E-state index is 13.2. The van der Waals surface area contributed by atoms with Gasteiger partial charge in [0, 0.05) is 57.7 Å². The summed E-state index contributed by atoms with van der Waals surface area (Å²) in [7, 11) is 0. The van der Waals surface area contributed by atoms with Crippen LogP contribution in [0.5, 0.6) is 0 Å². The second-order valence-electron chi connectivity index (χ2n) is 9.43. The molecule has 3 fully saturated rings. The lowest BCUT2D eigenvalue weighted by molar-refractivity contribution is -0.122. The standard InChI is InChI=1S/C26H32N6O/c27-18-21-6-8-23(9-7-21)32-13-10-24(26(32)33)31-12-3-4-22(20-31)19-29-14-16-30(17-15-29)25-5-1-2-11-28-25/h1-2,5-9,11,22,24H,3-4,10,12-17,19-20H2. The number of nitriles is 1. The van der Waals surface area contributed by atoms with Gasteiger partial charge in [0.25, 0.3) is 0 Å². The van der Waals surface area contributed by atoms with Crippen molar-refractivity contribution in [3.05, 3.63) is 54.2 Å². The molecule has 3 aliphatic heterocycles. The fourth-order valence-electron chi connectivity index (χ4n) is 5.57. The van der Waals surface area contributed by atoms with Gasteiger partial charge in [0.05, 0.1) is 17.7 Å². The Bertz CT molecular complexity index is 980. The number of benzene rings is 1. The molecule has 4 heterocycles. The number of hydrogen-bond acceptors (Lipinski definition) is 6. The average molecular weight is 445 g/mol. The number of aromatic nitrogens is 1. The number of amides is 1. The van der Waals surface area contributed by atoms with Crippen LogP contribution in [0, 0.1) is 17.2 Å². The van der Waals surface area contributed by atoms with Crippen molar-refractivity contribution in [2.24, 2.45) is 5.92 Å². The Balaban J connectivity index is 1.14. The van der Waals surface area contributed by atoms with Gasteiger partial charge in [-0.15, -0.1) is 0 Å². The fourth-order valence-corrected chi connectivity index (χ4v) is 5.57. The molecule has 0 saturated carbocycles. The SMILES string of the molecule is N#Cc1ccc(N2CCC(N3CCCC(CN4CCN(c5ccccn5)CC4)C3)C2=O)cc1. The van der Waals surface area contributed by atoms with Crippen molar-refractivity contribution in [2.45, 2.75) is 25.3 Å². The van der Waals surface area contributed by atoms with Crippen molar-refractivity contribution >= 4 is 17.4 Å². The number of likely N-dealkylation sites (tertiary alicyclic amines) is 1. The molecule has 5 rings (SSSR count). The highest BCUT2D eigenvalue weighted by Gasteiger charge is 2.38. The summed E-state index contributed by atoms with van der Waals surface area (Å²) in [5, 5.41) is 9.02. The van der Waals surface area contributed by atoms with E-state index in [1.54, 1.807) is 12.1 Å². The van der Waals surface area contributed by atoms with Gasteiger partial charge < -0.3 is 9.80 Å². The monoisotopic (exact) mass is 444 g/mol. The van der Waals surface area contributed by atoms with Crippen molar-refractivity contribution in [3.63, 3.8) is 0 Å². The van der Waals surface area contributed by atoms with Crippen LogP contribution in [0.15, 0.2) is 48.7 Å². The number of anilines is 2. The minimum Gasteiger partial charge on any atom is -0.354 e. The van der Waals surface area contributed by atoms with Crippen LogP contribution in [0.3, 0.4) is 0 Å². The van der Waals surface area contributed by atoms with E-state index in [1.807, 2.05) is 29.3 Å². The van der Waals surface area contributed by atoms with Gasteiger partial charge in [-0.25, -0.2) is 4.98 Å². The average Bonchev–Trinajstić information content (AvgIpc) is 3.26. The number of pyridine rings is 1. The molecule has 0 N–H and O–H groups in total. The first-order valence-corrected chi connectivity index (χ1v) is 12.2. The summed E-state index contributed by atoms with van der Waals surface area (Å²) in [6.45, 7) is 8.09. The molecule has 7 nitrogen and oxygen atoms in total. The van der Waals surface area contributed by atoms with E-state index in [9.17, 15) is 4.79 Å². The Hall–Kier alpha value is -2.95. The molecular weight excluding hydrogens is 412 g/mol. The molecule has 172 valence electrons. The number of carbonyl (C=O) groups excluding carboxylic acids is 1. The lowest BCUT2D eigenvalue weighted by atomic mass is 9.95. The molecule has 0 radical (unpaired) electrons.